The molecule has 0 heterocycles. The molecule has 144 valence electrons. The smallest absolute Gasteiger partial charge is 0.259 e. The van der Waals surface area contributed by atoms with Gasteiger partial charge in [-0.25, -0.2) is 0 Å². The van der Waals surface area contributed by atoms with E-state index in [2.05, 4.69) is 13.2 Å². The highest BCUT2D eigenvalue weighted by Crippen LogP contribution is 2.43. The van der Waals surface area contributed by atoms with Gasteiger partial charge in [0.1, 0.15) is 0 Å². The van der Waals surface area contributed by atoms with Crippen LogP contribution in [0.3, 0.4) is 0 Å². The number of allylic oxidation sites excluding steroid dienone is 2. The van der Waals surface area contributed by atoms with E-state index in [0.717, 1.165) is 32.7 Å². The lowest BCUT2D eigenvalue weighted by atomic mass is 10.0. The average molecular weight is 398 g/mol. The molecule has 0 radical (unpaired) electrons. The quantitative estimate of drug-likeness (QED) is 0.336. The van der Waals surface area contributed by atoms with Gasteiger partial charge in [0.15, 0.2) is 0 Å². The van der Waals surface area contributed by atoms with Gasteiger partial charge < -0.3 is 4.89 Å². The standard InChI is InChI=1S/C26H23O2P/c1-3-9-23-21-13-7-5-11-19(21)15-17-25(23)29(27,28)26-18-16-20-12-6-8-14-22(20)24(26)10-4-2/h3-8,11-18H,1-2,9-10H2,(H,27,28). The van der Waals surface area contributed by atoms with E-state index in [1.54, 1.807) is 24.3 Å². The Morgan fingerprint density at radius 3 is 1.52 bits per heavy atom. The Labute approximate surface area is 171 Å². The third-order valence-corrected chi connectivity index (χ3v) is 7.53. The summed E-state index contributed by atoms with van der Waals surface area (Å²) in [6, 6.07) is 23.4. The van der Waals surface area contributed by atoms with E-state index < -0.39 is 7.37 Å². The Kier molecular flexibility index (Phi) is 5.24. The fourth-order valence-electron chi connectivity index (χ4n) is 4.06. The van der Waals surface area contributed by atoms with Crippen molar-refractivity contribution in [3.8, 4) is 0 Å². The van der Waals surface area contributed by atoms with Crippen LogP contribution in [0, 0.1) is 0 Å². The van der Waals surface area contributed by atoms with Crippen LogP contribution >= 0.6 is 7.37 Å². The Hall–Kier alpha value is -2.93. The number of benzene rings is 4. The third-order valence-electron chi connectivity index (χ3n) is 5.38. The highest BCUT2D eigenvalue weighted by atomic mass is 31.2. The van der Waals surface area contributed by atoms with E-state index in [4.69, 9.17) is 0 Å². The van der Waals surface area contributed by atoms with Crippen LogP contribution in [0.5, 0.6) is 0 Å². The summed E-state index contributed by atoms with van der Waals surface area (Å²) in [6.07, 6.45) is 4.64. The predicted octanol–water partition coefficient (Wildman–Crippen LogP) is 5.67. The molecule has 0 aromatic heterocycles. The molecule has 0 aliphatic carbocycles. The van der Waals surface area contributed by atoms with E-state index in [-0.39, 0.29) is 0 Å². The molecule has 4 aromatic carbocycles. The van der Waals surface area contributed by atoms with Crippen LogP contribution in [-0.2, 0) is 17.4 Å². The van der Waals surface area contributed by atoms with Crippen LogP contribution < -0.4 is 10.6 Å². The topological polar surface area (TPSA) is 37.3 Å². The largest absolute Gasteiger partial charge is 0.338 e. The first-order chi connectivity index (χ1) is 14.1. The van der Waals surface area contributed by atoms with Crippen molar-refractivity contribution in [2.24, 2.45) is 0 Å². The summed E-state index contributed by atoms with van der Waals surface area (Å²) in [5.41, 5.74) is 1.73. The maximum Gasteiger partial charge on any atom is 0.259 e. The molecular weight excluding hydrogens is 375 g/mol. The van der Waals surface area contributed by atoms with Crippen LogP contribution in [0.25, 0.3) is 21.5 Å². The van der Waals surface area contributed by atoms with Gasteiger partial charge in [-0.3, -0.25) is 4.57 Å². The summed E-state index contributed by atoms with van der Waals surface area (Å²) >= 11 is 0. The molecule has 2 nitrogen and oxygen atoms in total. The Morgan fingerprint density at radius 1 is 0.690 bits per heavy atom. The minimum atomic E-state index is -3.84. The SMILES string of the molecule is C=CCc1c(P(=O)(O)c2ccc3ccccc3c2CC=C)ccc2ccccc12. The summed E-state index contributed by atoms with van der Waals surface area (Å²) in [5, 5.41) is 5.06. The summed E-state index contributed by atoms with van der Waals surface area (Å²) < 4.78 is 14.0. The molecule has 4 aromatic rings. The zero-order valence-corrected chi connectivity index (χ0v) is 17.1. The highest BCUT2D eigenvalue weighted by molar-refractivity contribution is 7.73. The van der Waals surface area contributed by atoms with Gasteiger partial charge in [0.2, 0.25) is 0 Å². The Bertz CT molecular complexity index is 1190. The van der Waals surface area contributed by atoms with Crippen molar-refractivity contribution in [1.82, 2.24) is 0 Å². The van der Waals surface area contributed by atoms with Crippen LogP contribution in [0.2, 0.25) is 0 Å². The van der Waals surface area contributed by atoms with Crippen LogP contribution in [0.15, 0.2) is 98.1 Å². The van der Waals surface area contributed by atoms with Crippen molar-refractivity contribution in [1.29, 1.82) is 0 Å². The van der Waals surface area contributed by atoms with Gasteiger partial charge in [0.05, 0.1) is 0 Å². The van der Waals surface area contributed by atoms with Gasteiger partial charge in [-0.1, -0.05) is 72.8 Å². The zero-order chi connectivity index (χ0) is 20.4. The number of hydrogen-bond donors (Lipinski definition) is 1. The van der Waals surface area contributed by atoms with Gasteiger partial charge in [-0.15, -0.1) is 13.2 Å². The number of hydrogen-bond acceptors (Lipinski definition) is 1. The first kappa shape index (κ1) is 19.4. The normalized spacial score (nSPS) is 11.6. The lowest BCUT2D eigenvalue weighted by Crippen LogP contribution is -2.22. The van der Waals surface area contributed by atoms with E-state index in [0.29, 0.717) is 23.5 Å². The van der Waals surface area contributed by atoms with Crippen LogP contribution in [-0.4, -0.2) is 4.89 Å². The van der Waals surface area contributed by atoms with E-state index in [9.17, 15) is 9.46 Å². The molecule has 4 rings (SSSR count). The number of rotatable bonds is 6. The second-order valence-corrected chi connectivity index (χ2v) is 9.25. The maximum absolute atomic E-state index is 14.0. The first-order valence-electron chi connectivity index (χ1n) is 9.65. The second kappa shape index (κ2) is 7.83. The molecule has 0 bridgehead atoms. The average Bonchev–Trinajstić information content (AvgIpc) is 2.74. The molecule has 0 atom stereocenters. The molecule has 0 aliphatic heterocycles. The summed E-state index contributed by atoms with van der Waals surface area (Å²) in [4.78, 5) is 11.5. The molecule has 0 fully saturated rings. The lowest BCUT2D eigenvalue weighted by molar-refractivity contribution is 0.500. The molecule has 0 amide bonds. The van der Waals surface area contributed by atoms with Crippen molar-refractivity contribution in [2.45, 2.75) is 12.8 Å². The lowest BCUT2D eigenvalue weighted by Gasteiger charge is -2.21. The fraction of sp³-hybridized carbons (Fsp3) is 0.0769. The Morgan fingerprint density at radius 2 is 1.10 bits per heavy atom. The molecule has 0 saturated carbocycles. The minimum Gasteiger partial charge on any atom is -0.338 e. The summed E-state index contributed by atoms with van der Waals surface area (Å²) in [7, 11) is -3.84. The third kappa shape index (κ3) is 3.35. The molecule has 3 heteroatoms. The Balaban J connectivity index is 2.02. The number of fused-ring (bicyclic) bond motifs is 2. The van der Waals surface area contributed by atoms with Gasteiger partial charge >= 0.3 is 0 Å². The van der Waals surface area contributed by atoms with Gasteiger partial charge in [-0.2, -0.15) is 0 Å². The monoisotopic (exact) mass is 398 g/mol. The minimum absolute atomic E-state index is 0.483. The van der Waals surface area contributed by atoms with Crippen LogP contribution in [0.1, 0.15) is 11.1 Å². The predicted molar refractivity (Wildman–Crippen MR) is 125 cm³/mol. The highest BCUT2D eigenvalue weighted by Gasteiger charge is 2.30. The molecule has 0 unspecified atom stereocenters. The van der Waals surface area contributed by atoms with E-state index in [1.165, 1.54) is 0 Å². The zero-order valence-electron chi connectivity index (χ0n) is 16.2. The molecule has 29 heavy (non-hydrogen) atoms. The molecule has 0 spiro atoms. The molecular formula is C26H23O2P. The summed E-state index contributed by atoms with van der Waals surface area (Å²) in [5.74, 6) is 0. The summed E-state index contributed by atoms with van der Waals surface area (Å²) in [6.45, 7) is 7.72. The molecule has 0 saturated heterocycles. The van der Waals surface area contributed by atoms with Crippen molar-refractivity contribution in [3.05, 3.63) is 109 Å². The van der Waals surface area contributed by atoms with E-state index >= 15 is 0 Å². The molecule has 0 aliphatic rings. The van der Waals surface area contributed by atoms with Gasteiger partial charge in [0.25, 0.3) is 7.37 Å². The van der Waals surface area contributed by atoms with Crippen molar-refractivity contribution in [2.75, 3.05) is 0 Å². The van der Waals surface area contributed by atoms with Crippen molar-refractivity contribution >= 4 is 39.5 Å². The van der Waals surface area contributed by atoms with Gasteiger partial charge in [0, 0.05) is 10.6 Å². The van der Waals surface area contributed by atoms with Crippen molar-refractivity contribution < 1.29 is 9.46 Å². The van der Waals surface area contributed by atoms with Gasteiger partial charge in [-0.05, 0) is 57.6 Å². The van der Waals surface area contributed by atoms with Crippen molar-refractivity contribution in [3.63, 3.8) is 0 Å². The van der Waals surface area contributed by atoms with Crippen LogP contribution in [0.4, 0.5) is 0 Å². The fourth-order valence-corrected chi connectivity index (χ4v) is 6.03. The van der Waals surface area contributed by atoms with E-state index in [1.807, 2.05) is 60.7 Å². The first-order valence-corrected chi connectivity index (χ1v) is 11.3. The molecule has 1 N–H and O–H groups in total. The second-order valence-electron chi connectivity index (χ2n) is 7.13. The maximum atomic E-state index is 14.0.